The smallest absolute Gasteiger partial charge is 0.332 e. The summed E-state index contributed by atoms with van der Waals surface area (Å²) in [6.45, 7) is 3.90. The van der Waals surface area contributed by atoms with Crippen molar-refractivity contribution in [3.63, 3.8) is 0 Å². The van der Waals surface area contributed by atoms with Crippen molar-refractivity contribution in [1.29, 1.82) is 0 Å². The number of piperidine rings is 1. The molecule has 18 heavy (non-hydrogen) atoms. The third-order valence-electron chi connectivity index (χ3n) is 4.12. The molecule has 0 unspecified atom stereocenters. The minimum absolute atomic E-state index is 0.243. The van der Waals surface area contributed by atoms with E-state index in [1.54, 1.807) is 13.8 Å². The second kappa shape index (κ2) is 3.45. The van der Waals surface area contributed by atoms with E-state index >= 15 is 0 Å². The quantitative estimate of drug-likeness (QED) is 0.732. The minimum atomic E-state index is -1.23. The van der Waals surface area contributed by atoms with Gasteiger partial charge >= 0.3 is 5.97 Å². The first-order valence-corrected chi connectivity index (χ1v) is 6.29. The standard InChI is InChI=1S/C12H17NO5/c1-11(2)17-7-8(18-11)12(10(15)16)5-3-4-6-13(12)9(7)14/h7-8H,3-6H2,1-2H3,(H,15,16)/t7-,8+,12+/m0/s1. The van der Waals surface area contributed by atoms with Gasteiger partial charge < -0.3 is 19.5 Å². The lowest BCUT2D eigenvalue weighted by Crippen LogP contribution is -2.60. The molecule has 3 aliphatic heterocycles. The lowest BCUT2D eigenvalue weighted by Gasteiger charge is -2.41. The minimum Gasteiger partial charge on any atom is -0.479 e. The molecule has 3 aliphatic rings. The monoisotopic (exact) mass is 255 g/mol. The average Bonchev–Trinajstić information content (AvgIpc) is 2.73. The van der Waals surface area contributed by atoms with E-state index in [0.29, 0.717) is 13.0 Å². The van der Waals surface area contributed by atoms with E-state index in [4.69, 9.17) is 9.47 Å². The highest BCUT2D eigenvalue weighted by Gasteiger charge is 2.69. The number of fused-ring (bicyclic) bond motifs is 3. The maximum atomic E-state index is 12.3. The van der Waals surface area contributed by atoms with Crippen molar-refractivity contribution in [3.05, 3.63) is 0 Å². The fourth-order valence-electron chi connectivity index (χ4n) is 3.39. The van der Waals surface area contributed by atoms with E-state index in [9.17, 15) is 14.7 Å². The summed E-state index contributed by atoms with van der Waals surface area (Å²) in [5.74, 6) is -2.12. The molecule has 0 radical (unpaired) electrons. The Kier molecular flexibility index (Phi) is 2.29. The SMILES string of the molecule is CC1(C)O[C@@H]2C(=O)N3CCCC[C@]3(C(=O)O)[C@@H]2O1. The number of amides is 1. The average molecular weight is 255 g/mol. The molecule has 1 N–H and O–H groups in total. The highest BCUT2D eigenvalue weighted by atomic mass is 16.8. The fourth-order valence-corrected chi connectivity index (χ4v) is 3.39. The summed E-state index contributed by atoms with van der Waals surface area (Å²) < 4.78 is 11.3. The summed E-state index contributed by atoms with van der Waals surface area (Å²) in [6, 6.07) is 0. The van der Waals surface area contributed by atoms with Crippen LogP contribution in [0.2, 0.25) is 0 Å². The van der Waals surface area contributed by atoms with E-state index < -0.39 is 29.5 Å². The molecule has 0 aromatic heterocycles. The molecule has 0 spiro atoms. The first kappa shape index (κ1) is 11.9. The second-order valence-corrected chi connectivity index (χ2v) is 5.65. The molecule has 6 nitrogen and oxygen atoms in total. The lowest BCUT2D eigenvalue weighted by atomic mass is 9.84. The summed E-state index contributed by atoms with van der Waals surface area (Å²) in [5.41, 5.74) is -1.23. The zero-order chi connectivity index (χ0) is 13.1. The Morgan fingerprint density at radius 2 is 2.11 bits per heavy atom. The number of nitrogens with zero attached hydrogens (tertiary/aromatic N) is 1. The van der Waals surface area contributed by atoms with Crippen molar-refractivity contribution in [2.45, 2.75) is 56.6 Å². The van der Waals surface area contributed by atoms with Crippen LogP contribution in [0.4, 0.5) is 0 Å². The van der Waals surface area contributed by atoms with Crippen molar-refractivity contribution in [1.82, 2.24) is 4.90 Å². The Balaban J connectivity index is 2.05. The van der Waals surface area contributed by atoms with Gasteiger partial charge in [-0.05, 0) is 33.1 Å². The van der Waals surface area contributed by atoms with Gasteiger partial charge in [-0.2, -0.15) is 0 Å². The van der Waals surface area contributed by atoms with Gasteiger partial charge in [-0.15, -0.1) is 0 Å². The van der Waals surface area contributed by atoms with Crippen molar-refractivity contribution in [3.8, 4) is 0 Å². The van der Waals surface area contributed by atoms with Gasteiger partial charge in [0.2, 0.25) is 0 Å². The van der Waals surface area contributed by atoms with E-state index in [1.165, 1.54) is 4.90 Å². The van der Waals surface area contributed by atoms with Crippen LogP contribution < -0.4 is 0 Å². The Labute approximate surface area is 105 Å². The number of hydrogen-bond donors (Lipinski definition) is 1. The summed E-state index contributed by atoms with van der Waals surface area (Å²) in [5, 5.41) is 9.60. The van der Waals surface area contributed by atoms with Crippen LogP contribution in [0.25, 0.3) is 0 Å². The molecule has 3 fully saturated rings. The van der Waals surface area contributed by atoms with Crippen molar-refractivity contribution >= 4 is 11.9 Å². The first-order chi connectivity index (χ1) is 8.38. The Morgan fingerprint density at radius 1 is 1.39 bits per heavy atom. The van der Waals surface area contributed by atoms with Crippen LogP contribution in [-0.2, 0) is 19.1 Å². The highest BCUT2D eigenvalue weighted by Crippen LogP contribution is 2.47. The van der Waals surface area contributed by atoms with Gasteiger partial charge in [0.05, 0.1) is 0 Å². The molecule has 100 valence electrons. The summed E-state index contributed by atoms with van der Waals surface area (Å²) in [4.78, 5) is 25.5. The van der Waals surface area contributed by atoms with E-state index in [0.717, 1.165) is 12.8 Å². The molecule has 3 rings (SSSR count). The van der Waals surface area contributed by atoms with Gasteiger partial charge in [-0.3, -0.25) is 4.79 Å². The second-order valence-electron chi connectivity index (χ2n) is 5.65. The van der Waals surface area contributed by atoms with Crippen LogP contribution in [0.15, 0.2) is 0 Å². The number of hydrogen-bond acceptors (Lipinski definition) is 4. The summed E-state index contributed by atoms with van der Waals surface area (Å²) in [6.07, 6.45) is 0.605. The van der Waals surface area contributed by atoms with Crippen LogP contribution >= 0.6 is 0 Å². The van der Waals surface area contributed by atoms with Gasteiger partial charge in [0, 0.05) is 6.54 Å². The van der Waals surface area contributed by atoms with Gasteiger partial charge in [-0.1, -0.05) is 0 Å². The van der Waals surface area contributed by atoms with Gasteiger partial charge in [0.1, 0.15) is 6.10 Å². The molecule has 0 aromatic carbocycles. The number of ether oxygens (including phenoxy) is 2. The molecule has 0 aromatic rings. The highest BCUT2D eigenvalue weighted by molar-refractivity contribution is 5.95. The van der Waals surface area contributed by atoms with Crippen LogP contribution in [0.3, 0.4) is 0 Å². The molecule has 3 heterocycles. The largest absolute Gasteiger partial charge is 0.479 e. The van der Waals surface area contributed by atoms with Crippen LogP contribution in [-0.4, -0.2) is 52.0 Å². The molecule has 3 saturated heterocycles. The Hall–Kier alpha value is -1.14. The Morgan fingerprint density at radius 3 is 2.78 bits per heavy atom. The number of carboxylic acid groups (broad SMARTS) is 1. The molecular weight excluding hydrogens is 238 g/mol. The van der Waals surface area contributed by atoms with Crippen molar-refractivity contribution in [2.75, 3.05) is 6.54 Å². The fraction of sp³-hybridized carbons (Fsp3) is 0.833. The third kappa shape index (κ3) is 1.30. The number of rotatable bonds is 1. The van der Waals surface area contributed by atoms with Crippen LogP contribution in [0, 0.1) is 0 Å². The van der Waals surface area contributed by atoms with Crippen LogP contribution in [0.1, 0.15) is 33.1 Å². The lowest BCUT2D eigenvalue weighted by molar-refractivity contribution is -0.192. The van der Waals surface area contributed by atoms with E-state index in [-0.39, 0.29) is 5.91 Å². The summed E-state index contributed by atoms with van der Waals surface area (Å²) >= 11 is 0. The van der Waals surface area contributed by atoms with Crippen LogP contribution in [0.5, 0.6) is 0 Å². The predicted molar refractivity (Wildman–Crippen MR) is 59.8 cm³/mol. The Bertz CT molecular complexity index is 421. The molecule has 3 atom stereocenters. The maximum absolute atomic E-state index is 12.3. The number of carbonyl (C=O) groups is 2. The topological polar surface area (TPSA) is 76.1 Å². The van der Waals surface area contributed by atoms with E-state index in [2.05, 4.69) is 0 Å². The van der Waals surface area contributed by atoms with Crippen molar-refractivity contribution < 1.29 is 24.2 Å². The maximum Gasteiger partial charge on any atom is 0.332 e. The zero-order valence-corrected chi connectivity index (χ0v) is 10.5. The van der Waals surface area contributed by atoms with Gasteiger partial charge in [0.25, 0.3) is 5.91 Å². The molecule has 0 aliphatic carbocycles. The van der Waals surface area contributed by atoms with Gasteiger partial charge in [0.15, 0.2) is 17.4 Å². The predicted octanol–water partition coefficient (Wildman–Crippen LogP) is 0.356. The number of carbonyl (C=O) groups excluding carboxylic acids is 1. The first-order valence-electron chi connectivity index (χ1n) is 6.29. The van der Waals surface area contributed by atoms with Gasteiger partial charge in [-0.25, -0.2) is 4.79 Å². The number of aliphatic carboxylic acids is 1. The number of carboxylic acids is 1. The van der Waals surface area contributed by atoms with Crippen molar-refractivity contribution in [2.24, 2.45) is 0 Å². The third-order valence-corrected chi connectivity index (χ3v) is 4.12. The molecule has 0 saturated carbocycles. The summed E-state index contributed by atoms with van der Waals surface area (Å²) in [7, 11) is 0. The zero-order valence-electron chi connectivity index (χ0n) is 10.5. The molecular formula is C12H17NO5. The normalized spacial score (nSPS) is 41.7. The molecule has 6 heteroatoms. The molecule has 1 amide bonds. The van der Waals surface area contributed by atoms with E-state index in [1.807, 2.05) is 0 Å². The molecule has 0 bridgehead atoms.